The number of benzene rings is 6. The highest BCUT2D eigenvalue weighted by Crippen LogP contribution is 2.59. The molecule has 4 aliphatic rings. The number of halogens is 4. The van der Waals surface area contributed by atoms with Gasteiger partial charge in [0.25, 0.3) is 0 Å². The molecule has 10 rings (SSSR count). The SMILES string of the molecule is CCCCCC1CCC(C2CCC(OC(=O)c3ccc(-c4ccc5c(c4)-c4c(c6c(c7cc(C(F)(F)F)ccc47)OC(c4ccc(F)cc4)(c4ccc(OCCCC)cc4)C=C6)C5(C)C)cc3)CC2)CC1. The lowest BCUT2D eigenvalue weighted by molar-refractivity contribution is -0.137. The van der Waals surface area contributed by atoms with Crippen LogP contribution in [0.5, 0.6) is 11.5 Å². The molecule has 8 heteroatoms. The lowest BCUT2D eigenvalue weighted by atomic mass is 9.70. The van der Waals surface area contributed by atoms with Gasteiger partial charge in [-0.3, -0.25) is 0 Å². The van der Waals surface area contributed by atoms with Crippen LogP contribution >= 0.6 is 0 Å². The van der Waals surface area contributed by atoms with E-state index in [1.165, 1.54) is 69.6 Å². The van der Waals surface area contributed by atoms with Crippen LogP contribution in [0.3, 0.4) is 0 Å². The number of esters is 1. The number of unbranched alkanes of at least 4 members (excludes halogenated alkanes) is 3. The van der Waals surface area contributed by atoms with Gasteiger partial charge in [0, 0.05) is 27.5 Å². The van der Waals surface area contributed by atoms with Crippen LogP contribution in [0.15, 0.2) is 115 Å². The van der Waals surface area contributed by atoms with Crippen LogP contribution in [0.1, 0.15) is 161 Å². The van der Waals surface area contributed by atoms with E-state index >= 15 is 0 Å². The largest absolute Gasteiger partial charge is 0.494 e. The first-order valence-electron chi connectivity index (χ1n) is 26.3. The summed E-state index contributed by atoms with van der Waals surface area (Å²) in [6, 6.07) is 31.4. The van der Waals surface area contributed by atoms with Gasteiger partial charge in [-0.2, -0.15) is 13.2 Å². The third-order valence-electron chi connectivity index (χ3n) is 16.5. The molecule has 1 heterocycles. The minimum Gasteiger partial charge on any atom is -0.494 e. The summed E-state index contributed by atoms with van der Waals surface area (Å²) in [5.74, 6) is 2.78. The zero-order valence-corrected chi connectivity index (χ0v) is 41.6. The summed E-state index contributed by atoms with van der Waals surface area (Å²) in [7, 11) is 0. The fraction of sp³-hybridized carbons (Fsp3) is 0.413. The van der Waals surface area contributed by atoms with Gasteiger partial charge in [0.15, 0.2) is 5.60 Å². The van der Waals surface area contributed by atoms with Crippen molar-refractivity contribution >= 4 is 22.8 Å². The van der Waals surface area contributed by atoms with Crippen molar-refractivity contribution in [2.75, 3.05) is 6.61 Å². The molecule has 1 aliphatic heterocycles. The van der Waals surface area contributed by atoms with E-state index in [9.17, 15) is 22.4 Å². The fourth-order valence-corrected chi connectivity index (χ4v) is 12.5. The van der Waals surface area contributed by atoms with Gasteiger partial charge in [0.2, 0.25) is 0 Å². The second kappa shape index (κ2) is 20.0. The van der Waals surface area contributed by atoms with Crippen molar-refractivity contribution in [3.63, 3.8) is 0 Å². The lowest BCUT2D eigenvalue weighted by Gasteiger charge is -2.38. The molecule has 0 N–H and O–H groups in total. The van der Waals surface area contributed by atoms with Gasteiger partial charge in [-0.25, -0.2) is 9.18 Å². The van der Waals surface area contributed by atoms with E-state index in [4.69, 9.17) is 14.2 Å². The standard InChI is InChI=1S/C63H66F4O4/c1-5-7-9-10-40-11-13-41(14-12-40)42-19-29-51(30-20-42)70-60(68)44-17-15-43(16-18-44)45-21-34-56-55(38-45)57-52-33-26-48(63(65,66)67)39-54(52)59-53(58(57)61(56,3)4)35-36-62(71-59,46-22-27-49(64)28-23-46)47-24-31-50(32-25-47)69-37-8-6-2/h15-18,21-28,31-36,38-42,51H,5-14,19-20,29-30,37H2,1-4H3. The van der Waals surface area contributed by atoms with Crippen molar-refractivity contribution in [1.29, 1.82) is 0 Å². The van der Waals surface area contributed by atoms with Crippen molar-refractivity contribution in [2.45, 2.75) is 141 Å². The lowest BCUT2D eigenvalue weighted by Crippen LogP contribution is -2.35. The Hall–Kier alpha value is -5.89. The molecule has 0 aromatic heterocycles. The molecule has 0 spiro atoms. The Morgan fingerprint density at radius 1 is 0.704 bits per heavy atom. The van der Waals surface area contributed by atoms with Crippen molar-refractivity contribution in [1.82, 2.24) is 0 Å². The van der Waals surface area contributed by atoms with E-state index in [1.807, 2.05) is 60.7 Å². The molecule has 1 unspecified atom stereocenters. The summed E-state index contributed by atoms with van der Waals surface area (Å²) < 4.78 is 77.9. The summed E-state index contributed by atoms with van der Waals surface area (Å²) >= 11 is 0. The van der Waals surface area contributed by atoms with Crippen molar-refractivity contribution < 1.29 is 36.6 Å². The second-order valence-electron chi connectivity index (χ2n) is 21.3. The molecule has 0 bridgehead atoms. The molecule has 4 nitrogen and oxygen atoms in total. The van der Waals surface area contributed by atoms with E-state index in [-0.39, 0.29) is 12.1 Å². The molecule has 370 valence electrons. The zero-order chi connectivity index (χ0) is 49.5. The summed E-state index contributed by atoms with van der Waals surface area (Å²) in [5.41, 5.74) is 5.48. The number of fused-ring (bicyclic) bond motifs is 8. The van der Waals surface area contributed by atoms with Crippen LogP contribution in [0, 0.1) is 23.6 Å². The quantitative estimate of drug-likeness (QED) is 0.0620. The maximum absolute atomic E-state index is 14.7. The number of carbonyl (C=O) groups excluding carboxylic acids is 1. The van der Waals surface area contributed by atoms with Crippen LogP contribution in [0.2, 0.25) is 0 Å². The first-order chi connectivity index (χ1) is 34.3. The first-order valence-corrected chi connectivity index (χ1v) is 26.3. The van der Waals surface area contributed by atoms with Crippen molar-refractivity contribution in [2.24, 2.45) is 17.8 Å². The van der Waals surface area contributed by atoms with Gasteiger partial charge >= 0.3 is 12.1 Å². The molecule has 6 aromatic carbocycles. The number of hydrogen-bond acceptors (Lipinski definition) is 4. The number of alkyl halides is 3. The van der Waals surface area contributed by atoms with Gasteiger partial charge in [-0.15, -0.1) is 0 Å². The second-order valence-corrected chi connectivity index (χ2v) is 21.3. The minimum atomic E-state index is -4.61. The third-order valence-corrected chi connectivity index (χ3v) is 16.5. The van der Waals surface area contributed by atoms with Gasteiger partial charge in [-0.05, 0) is 162 Å². The van der Waals surface area contributed by atoms with E-state index in [2.05, 4.69) is 45.9 Å². The van der Waals surface area contributed by atoms with Crippen molar-refractivity contribution in [3.05, 3.63) is 160 Å². The summed E-state index contributed by atoms with van der Waals surface area (Å²) in [4.78, 5) is 13.5. The molecule has 0 saturated heterocycles. The molecule has 3 aliphatic carbocycles. The number of ether oxygens (including phenoxy) is 3. The predicted molar refractivity (Wildman–Crippen MR) is 276 cm³/mol. The minimum absolute atomic E-state index is 0.0574. The topological polar surface area (TPSA) is 44.8 Å². The van der Waals surface area contributed by atoms with E-state index in [0.29, 0.717) is 51.1 Å². The van der Waals surface area contributed by atoms with Gasteiger partial charge in [-0.1, -0.05) is 133 Å². The van der Waals surface area contributed by atoms with E-state index in [1.54, 1.807) is 18.2 Å². The Kier molecular flexibility index (Phi) is 13.7. The Bertz CT molecular complexity index is 2900. The first kappa shape index (κ1) is 48.7. The maximum atomic E-state index is 14.7. The number of hydrogen-bond donors (Lipinski definition) is 0. The van der Waals surface area contributed by atoms with Crippen LogP contribution in [-0.2, 0) is 21.9 Å². The van der Waals surface area contributed by atoms with Gasteiger partial charge in [0.05, 0.1) is 17.7 Å². The van der Waals surface area contributed by atoms with Crippen LogP contribution < -0.4 is 9.47 Å². The van der Waals surface area contributed by atoms with Gasteiger partial charge in [0.1, 0.15) is 23.4 Å². The van der Waals surface area contributed by atoms with E-state index < -0.39 is 28.6 Å². The maximum Gasteiger partial charge on any atom is 0.416 e. The molecule has 71 heavy (non-hydrogen) atoms. The molecule has 2 saturated carbocycles. The highest BCUT2D eigenvalue weighted by atomic mass is 19.4. The number of carbonyl (C=O) groups is 1. The molecule has 2 fully saturated rings. The van der Waals surface area contributed by atoms with Crippen LogP contribution in [0.25, 0.3) is 39.1 Å². The molecule has 0 amide bonds. The van der Waals surface area contributed by atoms with Crippen LogP contribution in [-0.4, -0.2) is 18.7 Å². The van der Waals surface area contributed by atoms with E-state index in [0.717, 1.165) is 95.7 Å². The predicted octanol–water partition coefficient (Wildman–Crippen LogP) is 17.6. The van der Waals surface area contributed by atoms with Crippen molar-refractivity contribution in [3.8, 4) is 33.8 Å². The highest BCUT2D eigenvalue weighted by Gasteiger charge is 2.45. The average molecular weight is 963 g/mol. The summed E-state index contributed by atoms with van der Waals surface area (Å²) in [6.45, 7) is 9.24. The average Bonchev–Trinajstić information content (AvgIpc) is 3.62. The normalized spacial score (nSPS) is 22.3. The molecule has 6 aromatic rings. The third kappa shape index (κ3) is 9.53. The van der Waals surface area contributed by atoms with Crippen LogP contribution in [0.4, 0.5) is 17.6 Å². The summed E-state index contributed by atoms with van der Waals surface area (Å²) in [6.07, 6.45) is 16.1. The summed E-state index contributed by atoms with van der Waals surface area (Å²) in [5, 5.41) is 0.964. The molecular weight excluding hydrogens is 897 g/mol. The Morgan fingerprint density at radius 2 is 1.35 bits per heavy atom. The van der Waals surface area contributed by atoms with Gasteiger partial charge < -0.3 is 14.2 Å². The fourth-order valence-electron chi connectivity index (χ4n) is 12.5. The molecular formula is C63H66F4O4. The number of rotatable bonds is 14. The molecule has 0 radical (unpaired) electrons. The Balaban J connectivity index is 0.936. The monoisotopic (exact) mass is 962 g/mol. The smallest absolute Gasteiger partial charge is 0.416 e. The zero-order valence-electron chi connectivity index (χ0n) is 41.6. The Labute approximate surface area is 416 Å². The highest BCUT2D eigenvalue weighted by molar-refractivity contribution is 6.09. The Morgan fingerprint density at radius 3 is 2.01 bits per heavy atom. The molecule has 1 atom stereocenters.